The fraction of sp³-hybridized carbons (Fsp3) is 0.938. The molecule has 2 aliphatic carbocycles. The summed E-state index contributed by atoms with van der Waals surface area (Å²) >= 11 is 0. The Bertz CT molecular complexity index is 353. The average molecular weight is 263 g/mol. The van der Waals surface area contributed by atoms with Gasteiger partial charge >= 0.3 is 0 Å². The molecule has 2 aliphatic rings. The largest absolute Gasteiger partial charge is 0.298 e. The second-order valence-corrected chi connectivity index (χ2v) is 7.14. The summed E-state index contributed by atoms with van der Waals surface area (Å²) in [4.78, 5) is 2.51. The Morgan fingerprint density at radius 2 is 2.05 bits per heavy atom. The Kier molecular flexibility index (Phi) is 4.23. The van der Waals surface area contributed by atoms with Crippen molar-refractivity contribution in [2.24, 2.45) is 0 Å². The molecule has 0 aromatic carbocycles. The molecule has 3 heteroatoms. The number of rotatable bonds is 5. The maximum absolute atomic E-state index is 9.65. The van der Waals surface area contributed by atoms with Crippen molar-refractivity contribution < 1.29 is 0 Å². The molecule has 1 N–H and O–H groups in total. The molecule has 0 radical (unpaired) electrons. The monoisotopic (exact) mass is 263 g/mol. The zero-order valence-electron chi connectivity index (χ0n) is 13.0. The van der Waals surface area contributed by atoms with Crippen LogP contribution in [-0.2, 0) is 0 Å². The summed E-state index contributed by atoms with van der Waals surface area (Å²) in [5, 5.41) is 13.3. The lowest BCUT2D eigenvalue weighted by Gasteiger charge is -2.46. The lowest BCUT2D eigenvalue weighted by atomic mass is 9.78. The van der Waals surface area contributed by atoms with Gasteiger partial charge in [0.05, 0.1) is 6.07 Å². The van der Waals surface area contributed by atoms with Crippen LogP contribution in [0.3, 0.4) is 0 Å². The van der Waals surface area contributed by atoms with Gasteiger partial charge in [-0.25, -0.2) is 0 Å². The molecule has 2 atom stereocenters. The molecule has 19 heavy (non-hydrogen) atoms. The zero-order chi connectivity index (χ0) is 14.1. The van der Waals surface area contributed by atoms with Crippen LogP contribution in [-0.4, -0.2) is 35.1 Å². The maximum atomic E-state index is 9.65. The fourth-order valence-electron chi connectivity index (χ4n) is 3.20. The fourth-order valence-corrected chi connectivity index (χ4v) is 3.20. The van der Waals surface area contributed by atoms with Crippen LogP contribution in [0.2, 0.25) is 0 Å². The van der Waals surface area contributed by atoms with E-state index in [1.807, 2.05) is 0 Å². The highest BCUT2D eigenvalue weighted by Gasteiger charge is 2.43. The minimum absolute atomic E-state index is 0.225. The van der Waals surface area contributed by atoms with Crippen molar-refractivity contribution in [2.45, 2.75) is 88.9 Å². The first-order chi connectivity index (χ1) is 8.92. The molecule has 0 spiro atoms. The van der Waals surface area contributed by atoms with E-state index in [1.165, 1.54) is 25.7 Å². The van der Waals surface area contributed by atoms with E-state index in [0.29, 0.717) is 12.1 Å². The molecule has 0 heterocycles. The summed E-state index contributed by atoms with van der Waals surface area (Å²) in [6.07, 6.45) is 8.07. The molecule has 0 saturated heterocycles. The Balaban J connectivity index is 2.05. The second kappa shape index (κ2) is 5.42. The van der Waals surface area contributed by atoms with E-state index in [1.54, 1.807) is 0 Å². The van der Waals surface area contributed by atoms with Gasteiger partial charge in [-0.05, 0) is 65.8 Å². The smallest absolute Gasteiger partial charge is 0.108 e. The van der Waals surface area contributed by atoms with E-state index in [-0.39, 0.29) is 11.1 Å². The summed E-state index contributed by atoms with van der Waals surface area (Å²) in [7, 11) is 2.23. The van der Waals surface area contributed by atoms with Crippen molar-refractivity contribution >= 4 is 0 Å². The minimum Gasteiger partial charge on any atom is -0.298 e. The van der Waals surface area contributed by atoms with Gasteiger partial charge in [0, 0.05) is 17.6 Å². The maximum Gasteiger partial charge on any atom is 0.108 e. The van der Waals surface area contributed by atoms with Crippen molar-refractivity contribution in [3.8, 4) is 6.07 Å². The minimum atomic E-state index is -0.262. The highest BCUT2D eigenvalue weighted by atomic mass is 15.2. The summed E-state index contributed by atoms with van der Waals surface area (Å²) < 4.78 is 0. The summed E-state index contributed by atoms with van der Waals surface area (Å²) in [5.41, 5.74) is -0.0368. The summed E-state index contributed by atoms with van der Waals surface area (Å²) in [6, 6.07) is 3.76. The number of nitrogens with one attached hydrogen (secondary N) is 1. The van der Waals surface area contributed by atoms with E-state index in [4.69, 9.17) is 0 Å². The molecular weight excluding hydrogens is 234 g/mol. The molecule has 3 nitrogen and oxygen atoms in total. The van der Waals surface area contributed by atoms with Crippen LogP contribution in [0.1, 0.15) is 65.7 Å². The molecule has 0 aliphatic heterocycles. The predicted molar refractivity (Wildman–Crippen MR) is 78.9 cm³/mol. The molecule has 2 unspecified atom stereocenters. The second-order valence-electron chi connectivity index (χ2n) is 7.14. The molecule has 0 aromatic heterocycles. The molecule has 108 valence electrons. The Labute approximate surface area is 118 Å². The van der Waals surface area contributed by atoms with Gasteiger partial charge in [-0.3, -0.25) is 10.2 Å². The first-order valence-electron chi connectivity index (χ1n) is 7.84. The third kappa shape index (κ3) is 3.30. The third-order valence-corrected chi connectivity index (χ3v) is 5.36. The zero-order valence-corrected chi connectivity index (χ0v) is 13.0. The number of nitriles is 1. The van der Waals surface area contributed by atoms with Gasteiger partial charge in [0.15, 0.2) is 0 Å². The van der Waals surface area contributed by atoms with E-state index >= 15 is 0 Å². The van der Waals surface area contributed by atoms with Crippen molar-refractivity contribution in [2.75, 3.05) is 7.05 Å². The van der Waals surface area contributed by atoms with Crippen molar-refractivity contribution in [1.82, 2.24) is 10.2 Å². The summed E-state index contributed by atoms with van der Waals surface area (Å²) in [6.45, 7) is 6.87. The van der Waals surface area contributed by atoms with Crippen LogP contribution < -0.4 is 5.32 Å². The van der Waals surface area contributed by atoms with E-state index in [0.717, 1.165) is 19.3 Å². The molecular formula is C16H29N3. The van der Waals surface area contributed by atoms with Crippen molar-refractivity contribution in [3.05, 3.63) is 0 Å². The first-order valence-corrected chi connectivity index (χ1v) is 7.84. The molecule has 2 fully saturated rings. The molecule has 0 amide bonds. The molecule has 0 aromatic rings. The van der Waals surface area contributed by atoms with Crippen molar-refractivity contribution in [3.63, 3.8) is 0 Å². The van der Waals surface area contributed by atoms with Crippen LogP contribution in [0.4, 0.5) is 0 Å². The lowest BCUT2D eigenvalue weighted by Crippen LogP contribution is -2.56. The van der Waals surface area contributed by atoms with Gasteiger partial charge in [-0.1, -0.05) is 6.92 Å². The Hall–Kier alpha value is -0.590. The van der Waals surface area contributed by atoms with Crippen LogP contribution in [0.25, 0.3) is 0 Å². The number of nitrogens with zero attached hydrogens (tertiary/aromatic N) is 2. The van der Waals surface area contributed by atoms with Crippen molar-refractivity contribution in [1.29, 1.82) is 5.26 Å². The lowest BCUT2D eigenvalue weighted by molar-refractivity contribution is 0.0554. The van der Waals surface area contributed by atoms with Crippen LogP contribution in [0.5, 0.6) is 0 Å². The van der Waals surface area contributed by atoms with Gasteiger partial charge in [0.25, 0.3) is 0 Å². The van der Waals surface area contributed by atoms with Gasteiger partial charge in [-0.2, -0.15) is 5.26 Å². The Morgan fingerprint density at radius 1 is 1.37 bits per heavy atom. The van der Waals surface area contributed by atoms with Gasteiger partial charge in [-0.15, -0.1) is 0 Å². The number of hydrogen-bond acceptors (Lipinski definition) is 3. The van der Waals surface area contributed by atoms with E-state index < -0.39 is 0 Å². The quantitative estimate of drug-likeness (QED) is 0.828. The third-order valence-electron chi connectivity index (χ3n) is 5.36. The van der Waals surface area contributed by atoms with Crippen LogP contribution >= 0.6 is 0 Å². The summed E-state index contributed by atoms with van der Waals surface area (Å²) in [5.74, 6) is 0. The highest BCUT2D eigenvalue weighted by molar-refractivity contribution is 5.13. The standard InChI is InChI=1S/C16H29N3/c1-5-15(2,3)19(4)14-7-6-10-16(11-14,12-17)18-13-8-9-13/h13-14,18H,5-11H2,1-4H3. The highest BCUT2D eigenvalue weighted by Crippen LogP contribution is 2.36. The van der Waals surface area contributed by atoms with Gasteiger partial charge in [0.2, 0.25) is 0 Å². The van der Waals surface area contributed by atoms with E-state index in [9.17, 15) is 5.26 Å². The Morgan fingerprint density at radius 3 is 2.58 bits per heavy atom. The van der Waals surface area contributed by atoms with Crippen LogP contribution in [0.15, 0.2) is 0 Å². The molecule has 0 bridgehead atoms. The molecule has 2 saturated carbocycles. The average Bonchev–Trinajstić information content (AvgIpc) is 3.21. The van der Waals surface area contributed by atoms with E-state index in [2.05, 4.69) is 44.1 Å². The van der Waals surface area contributed by atoms with Crippen LogP contribution in [0, 0.1) is 11.3 Å². The van der Waals surface area contributed by atoms with Gasteiger partial charge < -0.3 is 0 Å². The predicted octanol–water partition coefficient (Wildman–Crippen LogP) is 3.06. The molecule has 2 rings (SSSR count). The normalized spacial score (nSPS) is 32.3. The number of hydrogen-bond donors (Lipinski definition) is 1. The van der Waals surface area contributed by atoms with Gasteiger partial charge in [0.1, 0.15) is 5.54 Å². The SMILES string of the molecule is CCC(C)(C)N(C)C1CCCC(C#N)(NC2CC2)C1. The topological polar surface area (TPSA) is 39.1 Å². The first kappa shape index (κ1) is 14.8.